The molecule has 4 rings (SSSR count). The number of nitrogens with one attached hydrogen (secondary N) is 1. The van der Waals surface area contributed by atoms with E-state index >= 15 is 0 Å². The topological polar surface area (TPSA) is 82.9 Å². The Morgan fingerprint density at radius 1 is 1.00 bits per heavy atom. The fourth-order valence-corrected chi connectivity index (χ4v) is 4.45. The van der Waals surface area contributed by atoms with Crippen molar-refractivity contribution in [2.75, 3.05) is 5.32 Å². The van der Waals surface area contributed by atoms with Gasteiger partial charge in [-0.15, -0.1) is 0 Å². The second-order valence-electron chi connectivity index (χ2n) is 7.32. The number of ketones is 1. The van der Waals surface area contributed by atoms with Gasteiger partial charge in [0, 0.05) is 0 Å². The molecule has 5 nitrogen and oxygen atoms in total. The Hall–Kier alpha value is -3.56. The van der Waals surface area contributed by atoms with Gasteiger partial charge in [-0.1, -0.05) is 79.8 Å². The predicted octanol–water partition coefficient (Wildman–Crippen LogP) is 5.39. The number of hydrogen-bond acceptors (Lipinski definition) is 5. The van der Waals surface area contributed by atoms with Crippen molar-refractivity contribution in [3.8, 4) is 6.07 Å². The third-order valence-electron chi connectivity index (χ3n) is 5.04. The molecular formula is C24H19N3O2S. The van der Waals surface area contributed by atoms with Crippen LogP contribution in [0.1, 0.15) is 36.8 Å². The number of benzene rings is 3. The average molecular weight is 414 g/mol. The lowest BCUT2D eigenvalue weighted by molar-refractivity contribution is -0.135. The van der Waals surface area contributed by atoms with Crippen molar-refractivity contribution in [1.82, 2.24) is 4.98 Å². The van der Waals surface area contributed by atoms with Crippen LogP contribution in [-0.4, -0.2) is 16.7 Å². The molecule has 3 aromatic carbocycles. The van der Waals surface area contributed by atoms with Crippen LogP contribution in [0.25, 0.3) is 21.0 Å². The highest BCUT2D eigenvalue weighted by Crippen LogP contribution is 2.32. The predicted molar refractivity (Wildman–Crippen MR) is 120 cm³/mol. The number of aromatic nitrogens is 1. The maximum Gasteiger partial charge on any atom is 0.295 e. The van der Waals surface area contributed by atoms with Crippen molar-refractivity contribution in [3.05, 3.63) is 71.8 Å². The van der Waals surface area contributed by atoms with Crippen LogP contribution in [0.5, 0.6) is 0 Å². The Kier molecular flexibility index (Phi) is 5.30. The number of fused-ring (bicyclic) bond motifs is 2. The first-order valence-electron chi connectivity index (χ1n) is 9.61. The Balaban J connectivity index is 1.63. The first-order chi connectivity index (χ1) is 14.5. The van der Waals surface area contributed by atoms with E-state index in [2.05, 4.69) is 24.1 Å². The van der Waals surface area contributed by atoms with Crippen LogP contribution in [-0.2, 0) is 9.59 Å². The van der Waals surface area contributed by atoms with E-state index in [-0.39, 0.29) is 5.92 Å². The van der Waals surface area contributed by atoms with Crippen molar-refractivity contribution in [2.45, 2.75) is 25.7 Å². The Labute approximate surface area is 178 Å². The lowest BCUT2D eigenvalue weighted by Gasteiger charge is -2.11. The normalized spacial score (nSPS) is 12.1. The summed E-state index contributed by atoms with van der Waals surface area (Å²) in [5.41, 5.74) is 2.44. The second-order valence-corrected chi connectivity index (χ2v) is 8.35. The summed E-state index contributed by atoms with van der Waals surface area (Å²) in [7, 11) is 0. The number of nitriles is 1. The van der Waals surface area contributed by atoms with Gasteiger partial charge in [0.15, 0.2) is 5.13 Å². The zero-order chi connectivity index (χ0) is 21.3. The molecule has 0 aliphatic rings. The first-order valence-corrected chi connectivity index (χ1v) is 10.4. The molecule has 0 radical (unpaired) electrons. The summed E-state index contributed by atoms with van der Waals surface area (Å²) in [6, 6.07) is 20.8. The largest absolute Gasteiger partial charge is 0.295 e. The molecule has 0 bridgehead atoms. The molecule has 1 N–H and O–H groups in total. The van der Waals surface area contributed by atoms with Crippen molar-refractivity contribution in [1.29, 1.82) is 5.26 Å². The summed E-state index contributed by atoms with van der Waals surface area (Å²) >= 11 is 1.31. The number of amides is 1. The zero-order valence-electron chi connectivity index (χ0n) is 16.5. The lowest BCUT2D eigenvalue weighted by atomic mass is 9.91. The molecule has 1 heterocycles. The molecule has 0 unspecified atom stereocenters. The van der Waals surface area contributed by atoms with Crippen LogP contribution in [0.3, 0.4) is 0 Å². The van der Waals surface area contributed by atoms with Crippen LogP contribution in [0.4, 0.5) is 5.13 Å². The van der Waals surface area contributed by atoms with E-state index in [4.69, 9.17) is 0 Å². The molecule has 0 spiro atoms. The number of anilines is 1. The molecule has 4 aromatic rings. The summed E-state index contributed by atoms with van der Waals surface area (Å²) in [6.45, 7) is 4.16. The van der Waals surface area contributed by atoms with Gasteiger partial charge in [-0.3, -0.25) is 14.9 Å². The van der Waals surface area contributed by atoms with Gasteiger partial charge in [-0.2, -0.15) is 5.26 Å². The number of hydrogen-bond donors (Lipinski definition) is 1. The smallest absolute Gasteiger partial charge is 0.295 e. The summed E-state index contributed by atoms with van der Waals surface area (Å²) in [5.74, 6) is -2.52. The van der Waals surface area contributed by atoms with E-state index in [1.807, 2.05) is 54.6 Å². The van der Waals surface area contributed by atoms with Crippen LogP contribution in [0, 0.1) is 11.3 Å². The standard InChI is InChI=1S/C24H19N3O2S/c1-14(2)16-10-6-12-20-21(16)26-24(30-20)27-23(29)22(28)19(13-25)18-11-5-8-15-7-3-4-9-17(15)18/h3-12,14,19H,1-2H3,(H,26,27,29)/t19-/m0/s1. The number of carbonyl (C=O) groups excluding carboxylic acids is 2. The molecule has 1 aromatic heterocycles. The van der Waals surface area contributed by atoms with Crippen LogP contribution >= 0.6 is 11.3 Å². The van der Waals surface area contributed by atoms with Crippen molar-refractivity contribution >= 4 is 49.1 Å². The highest BCUT2D eigenvalue weighted by atomic mass is 32.1. The van der Waals surface area contributed by atoms with Crippen LogP contribution in [0.2, 0.25) is 0 Å². The molecule has 0 saturated heterocycles. The minimum absolute atomic E-state index is 0.287. The molecule has 0 saturated carbocycles. The third-order valence-corrected chi connectivity index (χ3v) is 5.98. The number of thiazole rings is 1. The van der Waals surface area contributed by atoms with Gasteiger partial charge in [0.1, 0.15) is 5.92 Å². The van der Waals surface area contributed by atoms with Crippen molar-refractivity contribution < 1.29 is 9.59 Å². The zero-order valence-corrected chi connectivity index (χ0v) is 17.4. The minimum atomic E-state index is -1.18. The van der Waals surface area contributed by atoms with Crippen molar-refractivity contribution in [3.63, 3.8) is 0 Å². The van der Waals surface area contributed by atoms with E-state index in [0.717, 1.165) is 26.6 Å². The number of Topliss-reactive ketones (excluding diaryl/α,β-unsaturated/α-hetero) is 1. The Bertz CT molecular complexity index is 1310. The molecule has 148 valence electrons. The molecule has 6 heteroatoms. The maximum atomic E-state index is 12.9. The minimum Gasteiger partial charge on any atom is -0.295 e. The molecular weight excluding hydrogens is 394 g/mol. The summed E-state index contributed by atoms with van der Waals surface area (Å²) in [5, 5.41) is 14.3. The fourth-order valence-electron chi connectivity index (χ4n) is 3.55. The summed E-state index contributed by atoms with van der Waals surface area (Å²) in [4.78, 5) is 30.0. The quantitative estimate of drug-likeness (QED) is 0.445. The number of para-hydroxylation sites is 1. The SMILES string of the molecule is CC(C)c1cccc2sc(NC(=O)C(=O)[C@@H](C#N)c3cccc4ccccc34)nc12. The van der Waals surface area contributed by atoms with Gasteiger partial charge in [0.05, 0.1) is 16.3 Å². The molecule has 0 aliphatic carbocycles. The number of carbonyl (C=O) groups is 2. The van der Waals surface area contributed by atoms with Crippen LogP contribution in [0.15, 0.2) is 60.7 Å². The third kappa shape index (κ3) is 3.56. The monoisotopic (exact) mass is 413 g/mol. The number of rotatable bonds is 5. The molecule has 1 atom stereocenters. The summed E-state index contributed by atoms with van der Waals surface area (Å²) < 4.78 is 0.940. The van der Waals surface area contributed by atoms with E-state index in [9.17, 15) is 14.9 Å². The lowest BCUT2D eigenvalue weighted by Crippen LogP contribution is -2.27. The molecule has 30 heavy (non-hydrogen) atoms. The van der Waals surface area contributed by atoms with Gasteiger partial charge in [0.2, 0.25) is 5.78 Å². The van der Waals surface area contributed by atoms with Crippen LogP contribution < -0.4 is 5.32 Å². The van der Waals surface area contributed by atoms with Gasteiger partial charge in [-0.05, 0) is 33.9 Å². The Morgan fingerprint density at radius 2 is 1.70 bits per heavy atom. The van der Waals surface area contributed by atoms with Gasteiger partial charge < -0.3 is 0 Å². The van der Waals surface area contributed by atoms with E-state index in [0.29, 0.717) is 10.7 Å². The molecule has 1 amide bonds. The molecule has 0 aliphatic heterocycles. The Morgan fingerprint density at radius 3 is 2.47 bits per heavy atom. The molecule has 0 fully saturated rings. The maximum absolute atomic E-state index is 12.9. The van der Waals surface area contributed by atoms with Gasteiger partial charge >= 0.3 is 0 Å². The van der Waals surface area contributed by atoms with E-state index < -0.39 is 17.6 Å². The van der Waals surface area contributed by atoms with E-state index in [1.54, 1.807) is 12.1 Å². The highest BCUT2D eigenvalue weighted by Gasteiger charge is 2.29. The number of nitrogens with zero attached hydrogens (tertiary/aromatic N) is 2. The van der Waals surface area contributed by atoms with Gasteiger partial charge in [-0.25, -0.2) is 4.98 Å². The van der Waals surface area contributed by atoms with Gasteiger partial charge in [0.25, 0.3) is 5.91 Å². The van der Waals surface area contributed by atoms with Crippen molar-refractivity contribution in [2.24, 2.45) is 0 Å². The summed E-state index contributed by atoms with van der Waals surface area (Å²) in [6.07, 6.45) is 0. The van der Waals surface area contributed by atoms with E-state index in [1.165, 1.54) is 11.3 Å². The highest BCUT2D eigenvalue weighted by molar-refractivity contribution is 7.22. The average Bonchev–Trinajstić information content (AvgIpc) is 3.16. The fraction of sp³-hybridized carbons (Fsp3) is 0.167. The second kappa shape index (κ2) is 8.05. The first kappa shape index (κ1) is 19.7.